The second-order valence-corrected chi connectivity index (χ2v) is 8.01. The highest BCUT2D eigenvalue weighted by Crippen LogP contribution is 2.21. The molecule has 0 spiro atoms. The predicted octanol–water partition coefficient (Wildman–Crippen LogP) is 0.728. The third-order valence-corrected chi connectivity index (χ3v) is 6.19. The van der Waals surface area contributed by atoms with Crippen molar-refractivity contribution in [2.45, 2.75) is 24.5 Å². The molecular formula is C16H21NO6S. The van der Waals surface area contributed by atoms with Crippen LogP contribution in [-0.2, 0) is 25.8 Å². The zero-order valence-electron chi connectivity index (χ0n) is 13.5. The van der Waals surface area contributed by atoms with Gasteiger partial charge in [0.25, 0.3) is 0 Å². The summed E-state index contributed by atoms with van der Waals surface area (Å²) in [5.74, 6) is -1.35. The Kier molecular flexibility index (Phi) is 5.82. The van der Waals surface area contributed by atoms with Gasteiger partial charge in [-0.1, -0.05) is 12.1 Å². The van der Waals surface area contributed by atoms with E-state index in [1.165, 1.54) is 4.90 Å². The van der Waals surface area contributed by atoms with Gasteiger partial charge in [0.05, 0.1) is 19.3 Å². The van der Waals surface area contributed by atoms with Crippen LogP contribution in [0, 0.1) is 0 Å². The first-order valence-electron chi connectivity index (χ1n) is 7.68. The molecule has 8 heteroatoms. The molecule has 0 aromatic heterocycles. The first-order valence-corrected chi connectivity index (χ1v) is 9.40. The Morgan fingerprint density at radius 1 is 1.33 bits per heavy atom. The molecule has 0 aliphatic carbocycles. The van der Waals surface area contributed by atoms with E-state index in [4.69, 9.17) is 9.84 Å². The molecule has 1 atom stereocenters. The molecule has 1 heterocycles. The van der Waals surface area contributed by atoms with Gasteiger partial charge >= 0.3 is 5.97 Å². The molecule has 1 saturated heterocycles. The number of ether oxygens (including phenoxy) is 1. The number of nitrogens with zero attached hydrogens (tertiary/aromatic N) is 1. The topological polar surface area (TPSA) is 101 Å². The summed E-state index contributed by atoms with van der Waals surface area (Å²) in [5, 5.41) is 7.51. The van der Waals surface area contributed by atoms with Crippen molar-refractivity contribution in [1.82, 2.24) is 4.90 Å². The molecule has 0 saturated carbocycles. The number of amides is 1. The van der Waals surface area contributed by atoms with E-state index in [0.717, 1.165) is 11.3 Å². The van der Waals surface area contributed by atoms with Crippen molar-refractivity contribution in [2.24, 2.45) is 0 Å². The number of hydrogen-bond acceptors (Lipinski definition) is 5. The normalized spacial score (nSPS) is 18.0. The Hall–Kier alpha value is -2.09. The third-order valence-electron chi connectivity index (χ3n) is 4.11. The zero-order valence-corrected chi connectivity index (χ0v) is 14.3. The van der Waals surface area contributed by atoms with Crippen molar-refractivity contribution in [1.29, 1.82) is 0 Å². The summed E-state index contributed by atoms with van der Waals surface area (Å²) in [5.41, 5.74) is 1.03. The zero-order chi connectivity index (χ0) is 17.7. The average molecular weight is 355 g/mol. The molecule has 132 valence electrons. The lowest BCUT2D eigenvalue weighted by molar-refractivity contribution is -0.136. The van der Waals surface area contributed by atoms with E-state index >= 15 is 0 Å². The summed E-state index contributed by atoms with van der Waals surface area (Å²) in [6.07, 6.45) is 0.374. The van der Waals surface area contributed by atoms with E-state index in [1.807, 2.05) is 24.3 Å². The number of rotatable bonds is 8. The number of carbonyl (C=O) groups excluding carboxylic acids is 1. The van der Waals surface area contributed by atoms with Crippen LogP contribution in [-0.4, -0.2) is 61.5 Å². The summed E-state index contributed by atoms with van der Waals surface area (Å²) < 4.78 is 29.3. The van der Waals surface area contributed by atoms with Gasteiger partial charge in [0, 0.05) is 13.1 Å². The fourth-order valence-electron chi connectivity index (χ4n) is 2.69. The lowest BCUT2D eigenvalue weighted by Gasteiger charge is -2.17. The van der Waals surface area contributed by atoms with E-state index in [9.17, 15) is 18.0 Å². The summed E-state index contributed by atoms with van der Waals surface area (Å²) in [7, 11) is -2.13. The molecule has 1 N–H and O–H groups in total. The number of benzene rings is 1. The Bertz CT molecular complexity index is 698. The van der Waals surface area contributed by atoms with Crippen molar-refractivity contribution >= 4 is 21.7 Å². The van der Waals surface area contributed by atoms with Crippen LogP contribution in [0.5, 0.6) is 5.75 Å². The van der Waals surface area contributed by atoms with Crippen LogP contribution >= 0.6 is 0 Å². The van der Waals surface area contributed by atoms with Gasteiger partial charge in [0.15, 0.2) is 9.84 Å². The molecule has 7 nitrogen and oxygen atoms in total. The lowest BCUT2D eigenvalue weighted by atomic mass is 10.1. The number of carbonyl (C=O) groups is 2. The molecule has 0 radical (unpaired) electrons. The van der Waals surface area contributed by atoms with Gasteiger partial charge in [0.2, 0.25) is 5.91 Å². The highest BCUT2D eigenvalue weighted by Gasteiger charge is 2.40. The fraction of sp³-hybridized carbons (Fsp3) is 0.500. The van der Waals surface area contributed by atoms with Gasteiger partial charge < -0.3 is 14.7 Å². The third kappa shape index (κ3) is 4.47. The van der Waals surface area contributed by atoms with E-state index < -0.39 is 39.1 Å². The lowest BCUT2D eigenvalue weighted by Crippen LogP contribution is -2.36. The second-order valence-electron chi connectivity index (χ2n) is 5.71. The monoisotopic (exact) mass is 355 g/mol. The molecule has 0 bridgehead atoms. The van der Waals surface area contributed by atoms with Gasteiger partial charge in [0.1, 0.15) is 11.0 Å². The maximum Gasteiger partial charge on any atom is 0.304 e. The SMILES string of the molecule is COc1ccc(CCN2CCC(S(=O)(=O)CCC(=O)O)C2=O)cc1. The van der Waals surface area contributed by atoms with Crippen molar-refractivity contribution in [3.8, 4) is 5.75 Å². The van der Waals surface area contributed by atoms with Gasteiger partial charge in [-0.25, -0.2) is 8.42 Å². The maximum atomic E-state index is 12.3. The molecule has 1 aliphatic heterocycles. The molecule has 1 fully saturated rings. The second kappa shape index (κ2) is 7.65. The van der Waals surface area contributed by atoms with Crippen LogP contribution in [0.15, 0.2) is 24.3 Å². The molecular weight excluding hydrogens is 334 g/mol. The summed E-state index contributed by atoms with van der Waals surface area (Å²) in [4.78, 5) is 24.4. The fourth-order valence-corrected chi connectivity index (χ4v) is 4.36. The molecule has 1 aromatic carbocycles. The number of aliphatic carboxylic acids is 1. The quantitative estimate of drug-likeness (QED) is 0.738. The Morgan fingerprint density at radius 3 is 2.58 bits per heavy atom. The number of carboxylic acids is 1. The van der Waals surface area contributed by atoms with Crippen LogP contribution in [0.25, 0.3) is 0 Å². The Balaban J connectivity index is 1.92. The standard InChI is InChI=1S/C16H21NO6S/c1-23-13-4-2-12(3-5-13)6-9-17-10-7-14(16(17)20)24(21,22)11-8-15(18)19/h2-5,14H,6-11H2,1H3,(H,18,19). The van der Waals surface area contributed by atoms with Crippen LogP contribution in [0.3, 0.4) is 0 Å². The maximum absolute atomic E-state index is 12.3. The minimum absolute atomic E-state index is 0.226. The Labute approximate surface area is 141 Å². The number of carboxylic acid groups (broad SMARTS) is 1. The van der Waals surface area contributed by atoms with Gasteiger partial charge in [-0.2, -0.15) is 0 Å². The first kappa shape index (κ1) is 18.3. The van der Waals surface area contributed by atoms with Crippen molar-refractivity contribution in [3.63, 3.8) is 0 Å². The smallest absolute Gasteiger partial charge is 0.304 e. The molecule has 1 aromatic rings. The van der Waals surface area contributed by atoms with Gasteiger partial charge in [-0.05, 0) is 30.5 Å². The molecule has 1 amide bonds. The van der Waals surface area contributed by atoms with Gasteiger partial charge in [-0.3, -0.25) is 9.59 Å². The Morgan fingerprint density at radius 2 is 2.00 bits per heavy atom. The van der Waals surface area contributed by atoms with Crippen molar-refractivity contribution < 1.29 is 27.9 Å². The summed E-state index contributed by atoms with van der Waals surface area (Å²) >= 11 is 0. The van der Waals surface area contributed by atoms with Crippen LogP contribution in [0.4, 0.5) is 0 Å². The van der Waals surface area contributed by atoms with E-state index in [1.54, 1.807) is 7.11 Å². The number of likely N-dealkylation sites (tertiary alicyclic amines) is 1. The van der Waals surface area contributed by atoms with Gasteiger partial charge in [-0.15, -0.1) is 0 Å². The van der Waals surface area contributed by atoms with Crippen molar-refractivity contribution in [3.05, 3.63) is 29.8 Å². The minimum atomic E-state index is -3.72. The highest BCUT2D eigenvalue weighted by molar-refractivity contribution is 7.92. The predicted molar refractivity (Wildman–Crippen MR) is 87.7 cm³/mol. The highest BCUT2D eigenvalue weighted by atomic mass is 32.2. The van der Waals surface area contributed by atoms with Crippen LogP contribution in [0.2, 0.25) is 0 Å². The number of sulfone groups is 1. The summed E-state index contributed by atoms with van der Waals surface area (Å²) in [6, 6.07) is 7.47. The molecule has 24 heavy (non-hydrogen) atoms. The number of hydrogen-bond donors (Lipinski definition) is 1. The molecule has 1 aliphatic rings. The van der Waals surface area contributed by atoms with Crippen molar-refractivity contribution in [2.75, 3.05) is 26.0 Å². The first-order chi connectivity index (χ1) is 11.3. The average Bonchev–Trinajstić information content (AvgIpc) is 2.93. The summed E-state index contributed by atoms with van der Waals surface area (Å²) in [6.45, 7) is 0.821. The van der Waals surface area contributed by atoms with E-state index in [0.29, 0.717) is 19.5 Å². The van der Waals surface area contributed by atoms with E-state index in [2.05, 4.69) is 0 Å². The van der Waals surface area contributed by atoms with Crippen LogP contribution in [0.1, 0.15) is 18.4 Å². The number of methoxy groups -OCH3 is 1. The van der Waals surface area contributed by atoms with E-state index in [-0.39, 0.29) is 6.42 Å². The van der Waals surface area contributed by atoms with Crippen LogP contribution < -0.4 is 4.74 Å². The minimum Gasteiger partial charge on any atom is -0.497 e. The molecule has 1 unspecified atom stereocenters. The largest absolute Gasteiger partial charge is 0.497 e. The molecule has 2 rings (SSSR count).